The Bertz CT molecular complexity index is 676. The van der Waals surface area contributed by atoms with Crippen LogP contribution < -0.4 is 0 Å². The molecule has 23 heavy (non-hydrogen) atoms. The van der Waals surface area contributed by atoms with Gasteiger partial charge in [-0.2, -0.15) is 10.1 Å². The van der Waals surface area contributed by atoms with Crippen molar-refractivity contribution in [2.75, 3.05) is 6.54 Å². The van der Waals surface area contributed by atoms with Crippen molar-refractivity contribution in [3.63, 3.8) is 0 Å². The molecule has 124 valence electrons. The van der Waals surface area contributed by atoms with E-state index in [0.717, 1.165) is 50.3 Å². The van der Waals surface area contributed by atoms with E-state index in [-0.39, 0.29) is 0 Å². The first-order valence-electron chi connectivity index (χ1n) is 8.45. The molecule has 0 spiro atoms. The molecule has 1 N–H and O–H groups in total. The molecule has 1 atom stereocenters. The molecule has 0 bridgehead atoms. The number of rotatable bonds is 4. The van der Waals surface area contributed by atoms with Crippen molar-refractivity contribution in [3.05, 3.63) is 29.2 Å². The van der Waals surface area contributed by atoms with E-state index in [1.807, 2.05) is 6.92 Å². The number of aliphatic hydroxyl groups is 1. The first kappa shape index (κ1) is 14.8. The average molecular weight is 317 g/mol. The van der Waals surface area contributed by atoms with Crippen LogP contribution in [-0.4, -0.2) is 36.5 Å². The molecule has 4 rings (SSSR count). The van der Waals surface area contributed by atoms with Gasteiger partial charge < -0.3 is 9.63 Å². The molecule has 2 aromatic rings. The Kier molecular flexibility index (Phi) is 3.90. The van der Waals surface area contributed by atoms with Gasteiger partial charge in [0.2, 0.25) is 5.89 Å². The highest BCUT2D eigenvalue weighted by atomic mass is 16.5. The molecule has 2 aromatic heterocycles. The Balaban J connectivity index is 1.48. The largest absolute Gasteiger partial charge is 0.386 e. The highest BCUT2D eigenvalue weighted by molar-refractivity contribution is 5.15. The van der Waals surface area contributed by atoms with Crippen molar-refractivity contribution in [1.29, 1.82) is 0 Å². The molecule has 1 unspecified atom stereocenters. The number of fused-ring (bicyclic) bond motifs is 1. The normalized spacial score (nSPS) is 20.8. The van der Waals surface area contributed by atoms with Gasteiger partial charge in [-0.05, 0) is 38.2 Å². The van der Waals surface area contributed by atoms with Gasteiger partial charge in [0.15, 0.2) is 5.82 Å². The highest BCUT2D eigenvalue weighted by Crippen LogP contribution is 2.37. The summed E-state index contributed by atoms with van der Waals surface area (Å²) in [7, 11) is 0. The van der Waals surface area contributed by atoms with Crippen molar-refractivity contribution in [2.24, 2.45) is 5.92 Å². The lowest BCUT2D eigenvalue weighted by Gasteiger charge is -2.29. The van der Waals surface area contributed by atoms with Gasteiger partial charge in [0.1, 0.15) is 6.10 Å². The summed E-state index contributed by atoms with van der Waals surface area (Å²) in [6.45, 7) is 5.16. The summed E-state index contributed by atoms with van der Waals surface area (Å²) in [5, 5.41) is 18.9. The number of aryl methyl sites for hydroxylation is 2. The van der Waals surface area contributed by atoms with Crippen molar-refractivity contribution in [3.8, 4) is 0 Å². The molecule has 3 heterocycles. The Labute approximate surface area is 135 Å². The molecular formula is C16H23N5O2. The second-order valence-corrected chi connectivity index (χ2v) is 6.72. The number of hydrogen-bond donors (Lipinski definition) is 1. The number of aromatic nitrogens is 4. The van der Waals surface area contributed by atoms with Crippen LogP contribution in [0.15, 0.2) is 10.6 Å². The number of hydrogen-bond acceptors (Lipinski definition) is 6. The van der Waals surface area contributed by atoms with Crippen LogP contribution in [0, 0.1) is 12.8 Å². The van der Waals surface area contributed by atoms with Crippen LogP contribution >= 0.6 is 0 Å². The molecule has 1 fully saturated rings. The van der Waals surface area contributed by atoms with Crippen LogP contribution in [0.2, 0.25) is 0 Å². The lowest BCUT2D eigenvalue weighted by atomic mass is 9.80. The van der Waals surface area contributed by atoms with Gasteiger partial charge in [-0.3, -0.25) is 9.58 Å². The monoisotopic (exact) mass is 317 g/mol. The maximum atomic E-state index is 10.4. The van der Waals surface area contributed by atoms with Crippen LogP contribution in [0.5, 0.6) is 0 Å². The lowest BCUT2D eigenvalue weighted by Crippen LogP contribution is -2.23. The standard InChI is InChI=1S/C16H23N5O2/c1-11-17-15(23-19-11)10-20-6-3-7-21-13(9-20)8-14(18-21)16(22)12-4-2-5-12/h8,12,16,22H,2-7,9-10H2,1H3. The van der Waals surface area contributed by atoms with Gasteiger partial charge in [-0.15, -0.1) is 0 Å². The summed E-state index contributed by atoms with van der Waals surface area (Å²) < 4.78 is 7.28. The predicted octanol–water partition coefficient (Wildman–Crippen LogP) is 1.81. The van der Waals surface area contributed by atoms with E-state index < -0.39 is 6.10 Å². The Morgan fingerprint density at radius 3 is 2.91 bits per heavy atom. The minimum absolute atomic E-state index is 0.395. The zero-order valence-electron chi connectivity index (χ0n) is 13.5. The van der Waals surface area contributed by atoms with E-state index in [1.165, 1.54) is 6.42 Å². The molecule has 0 radical (unpaired) electrons. The molecule has 1 saturated carbocycles. The van der Waals surface area contributed by atoms with Gasteiger partial charge in [0, 0.05) is 19.6 Å². The minimum atomic E-state index is -0.407. The van der Waals surface area contributed by atoms with E-state index in [1.54, 1.807) is 0 Å². The molecule has 7 heteroatoms. The van der Waals surface area contributed by atoms with E-state index in [4.69, 9.17) is 4.52 Å². The van der Waals surface area contributed by atoms with Gasteiger partial charge in [-0.1, -0.05) is 11.6 Å². The lowest BCUT2D eigenvalue weighted by molar-refractivity contribution is 0.0580. The third-order valence-corrected chi connectivity index (χ3v) is 4.94. The zero-order chi connectivity index (χ0) is 15.8. The molecule has 0 saturated heterocycles. The third kappa shape index (κ3) is 3.03. The summed E-state index contributed by atoms with van der Waals surface area (Å²) in [5.74, 6) is 1.72. The van der Waals surface area contributed by atoms with Gasteiger partial charge >= 0.3 is 0 Å². The van der Waals surface area contributed by atoms with Gasteiger partial charge in [0.25, 0.3) is 0 Å². The Morgan fingerprint density at radius 1 is 1.35 bits per heavy atom. The van der Waals surface area contributed by atoms with Crippen LogP contribution in [-0.2, 0) is 19.6 Å². The van der Waals surface area contributed by atoms with Crippen molar-refractivity contribution in [2.45, 2.75) is 58.3 Å². The Hall–Kier alpha value is -1.73. The van der Waals surface area contributed by atoms with E-state index in [0.29, 0.717) is 24.2 Å². The molecule has 1 aliphatic heterocycles. The number of aliphatic hydroxyl groups excluding tert-OH is 1. The van der Waals surface area contributed by atoms with Crippen LogP contribution in [0.25, 0.3) is 0 Å². The smallest absolute Gasteiger partial charge is 0.240 e. The van der Waals surface area contributed by atoms with Gasteiger partial charge in [-0.25, -0.2) is 0 Å². The van der Waals surface area contributed by atoms with Crippen LogP contribution in [0.3, 0.4) is 0 Å². The highest BCUT2D eigenvalue weighted by Gasteiger charge is 2.29. The Morgan fingerprint density at radius 2 is 2.22 bits per heavy atom. The minimum Gasteiger partial charge on any atom is -0.386 e. The third-order valence-electron chi connectivity index (χ3n) is 4.94. The second kappa shape index (κ2) is 6.05. The predicted molar refractivity (Wildman–Crippen MR) is 82.3 cm³/mol. The SMILES string of the molecule is Cc1noc(CN2CCCn3nc(C(O)C4CCC4)cc3C2)n1. The number of nitrogens with zero attached hydrogens (tertiary/aromatic N) is 5. The van der Waals surface area contributed by atoms with Crippen LogP contribution in [0.4, 0.5) is 0 Å². The molecule has 1 aliphatic carbocycles. The van der Waals surface area contributed by atoms with Gasteiger partial charge in [0.05, 0.1) is 17.9 Å². The molecular weight excluding hydrogens is 294 g/mol. The summed E-state index contributed by atoms with van der Waals surface area (Å²) in [5.41, 5.74) is 1.99. The summed E-state index contributed by atoms with van der Waals surface area (Å²) >= 11 is 0. The maximum absolute atomic E-state index is 10.4. The average Bonchev–Trinajstić information content (AvgIpc) is 2.99. The van der Waals surface area contributed by atoms with Crippen molar-refractivity contribution >= 4 is 0 Å². The van der Waals surface area contributed by atoms with E-state index >= 15 is 0 Å². The topological polar surface area (TPSA) is 80.2 Å². The molecule has 2 aliphatic rings. The summed E-state index contributed by atoms with van der Waals surface area (Å²) in [4.78, 5) is 6.58. The maximum Gasteiger partial charge on any atom is 0.240 e. The fraction of sp³-hybridized carbons (Fsp3) is 0.688. The van der Waals surface area contributed by atoms with Crippen LogP contribution in [0.1, 0.15) is 54.9 Å². The van der Waals surface area contributed by atoms with E-state index in [9.17, 15) is 5.11 Å². The quantitative estimate of drug-likeness (QED) is 0.926. The molecule has 7 nitrogen and oxygen atoms in total. The van der Waals surface area contributed by atoms with Crippen molar-refractivity contribution in [1.82, 2.24) is 24.8 Å². The van der Waals surface area contributed by atoms with Crippen molar-refractivity contribution < 1.29 is 9.63 Å². The summed E-state index contributed by atoms with van der Waals surface area (Å²) in [6, 6.07) is 2.07. The second-order valence-electron chi connectivity index (χ2n) is 6.72. The summed E-state index contributed by atoms with van der Waals surface area (Å²) in [6.07, 6.45) is 4.08. The fourth-order valence-corrected chi connectivity index (χ4v) is 3.42. The fourth-order valence-electron chi connectivity index (χ4n) is 3.42. The first-order valence-corrected chi connectivity index (χ1v) is 8.45. The molecule has 0 amide bonds. The zero-order valence-corrected chi connectivity index (χ0v) is 13.5. The van der Waals surface area contributed by atoms with E-state index in [2.05, 4.69) is 30.9 Å². The first-order chi connectivity index (χ1) is 11.2. The molecule has 0 aromatic carbocycles.